The third-order valence-electron chi connectivity index (χ3n) is 4.42. The van der Waals surface area contributed by atoms with Gasteiger partial charge in [-0.25, -0.2) is 0 Å². The molecule has 0 aliphatic rings. The number of rotatable bonds is 6. The monoisotopic (exact) mass is 432 g/mol. The Kier molecular flexibility index (Phi) is 6.82. The third kappa shape index (κ3) is 5.74. The zero-order chi connectivity index (χ0) is 20.9. The molecular formula is C22H19F3N2S2. The van der Waals surface area contributed by atoms with Crippen molar-refractivity contribution in [2.24, 2.45) is 0 Å². The molecule has 1 N–H and O–H groups in total. The van der Waals surface area contributed by atoms with E-state index < -0.39 is 11.2 Å². The first-order valence-corrected chi connectivity index (χ1v) is 9.83. The van der Waals surface area contributed by atoms with E-state index in [2.05, 4.69) is 17.5 Å². The Morgan fingerprint density at radius 3 is 2.21 bits per heavy atom. The lowest BCUT2D eigenvalue weighted by Crippen LogP contribution is -2.41. The largest absolute Gasteiger partial charge is 0.441 e. The van der Waals surface area contributed by atoms with Gasteiger partial charge in [0.05, 0.1) is 0 Å². The highest BCUT2D eigenvalue weighted by atomic mass is 32.1. The molecule has 3 rings (SSSR count). The highest BCUT2D eigenvalue weighted by Gasteiger charge is 2.33. The van der Waals surface area contributed by atoms with Crippen LogP contribution in [0.15, 0.2) is 72.8 Å². The molecule has 150 valence electrons. The third-order valence-corrected chi connectivity index (χ3v) is 5.29. The second-order valence-corrected chi connectivity index (χ2v) is 7.32. The maximum Gasteiger partial charge on any atom is 0.441 e. The van der Waals surface area contributed by atoms with Crippen molar-refractivity contribution in [2.45, 2.75) is 12.7 Å². The molecule has 29 heavy (non-hydrogen) atoms. The number of nitrogens with one attached hydrogen (secondary N) is 1. The van der Waals surface area contributed by atoms with Crippen molar-refractivity contribution < 1.29 is 13.2 Å². The van der Waals surface area contributed by atoms with Gasteiger partial charge in [-0.1, -0.05) is 91.2 Å². The van der Waals surface area contributed by atoms with Crippen LogP contribution in [0.5, 0.6) is 0 Å². The molecule has 0 aliphatic heterocycles. The second-order valence-electron chi connectivity index (χ2n) is 6.53. The average Bonchev–Trinajstić information content (AvgIpc) is 2.72. The van der Waals surface area contributed by atoms with Gasteiger partial charge >= 0.3 is 6.18 Å². The molecule has 3 aromatic rings. The van der Waals surface area contributed by atoms with Gasteiger partial charge in [0.2, 0.25) is 0 Å². The number of alkyl halides is 3. The standard InChI is InChI=1S/C22H19F3N2S2/c23-22(24,25)21(29)26-12-13-27(15-16-6-2-1-3-7-16)20(28)19-11-10-17-8-4-5-9-18(17)14-19/h1-11,14H,12-13,15H2,(H,26,29). The first kappa shape index (κ1) is 21.2. The molecular weight excluding hydrogens is 413 g/mol. The van der Waals surface area contributed by atoms with Gasteiger partial charge in [-0.15, -0.1) is 0 Å². The number of fused-ring (bicyclic) bond motifs is 1. The van der Waals surface area contributed by atoms with E-state index in [1.165, 1.54) is 0 Å². The molecule has 0 amide bonds. The van der Waals surface area contributed by atoms with E-state index in [-0.39, 0.29) is 13.1 Å². The van der Waals surface area contributed by atoms with E-state index in [4.69, 9.17) is 12.2 Å². The lowest BCUT2D eigenvalue weighted by molar-refractivity contribution is -0.0591. The molecule has 0 unspecified atom stereocenters. The average molecular weight is 433 g/mol. The van der Waals surface area contributed by atoms with Crippen molar-refractivity contribution in [3.05, 3.63) is 83.9 Å². The quantitative estimate of drug-likeness (QED) is 0.518. The summed E-state index contributed by atoms with van der Waals surface area (Å²) in [6.45, 7) is 0.822. The Morgan fingerprint density at radius 1 is 0.862 bits per heavy atom. The smallest absolute Gasteiger partial charge is 0.370 e. The maximum atomic E-state index is 12.6. The zero-order valence-corrected chi connectivity index (χ0v) is 17.1. The Hall–Kier alpha value is -2.51. The van der Waals surface area contributed by atoms with Crippen molar-refractivity contribution in [3.63, 3.8) is 0 Å². The van der Waals surface area contributed by atoms with Gasteiger partial charge in [0.1, 0.15) is 4.99 Å². The number of thiocarbonyl (C=S) groups is 2. The predicted octanol–water partition coefficient (Wildman–Crippen LogP) is 5.50. The van der Waals surface area contributed by atoms with Gasteiger partial charge < -0.3 is 10.2 Å². The molecule has 2 nitrogen and oxygen atoms in total. The van der Waals surface area contributed by atoms with Crippen LogP contribution in [0.2, 0.25) is 0 Å². The summed E-state index contributed by atoms with van der Waals surface area (Å²) in [6.07, 6.45) is -4.53. The summed E-state index contributed by atoms with van der Waals surface area (Å²) < 4.78 is 37.9. The minimum atomic E-state index is -4.53. The highest BCUT2D eigenvalue weighted by molar-refractivity contribution is 7.80. The van der Waals surface area contributed by atoms with Crippen LogP contribution in [-0.2, 0) is 6.54 Å². The van der Waals surface area contributed by atoms with E-state index in [9.17, 15) is 13.2 Å². The van der Waals surface area contributed by atoms with Crippen LogP contribution in [0.25, 0.3) is 10.8 Å². The molecule has 0 saturated carbocycles. The summed E-state index contributed by atoms with van der Waals surface area (Å²) in [5, 5.41) is 4.44. The van der Waals surface area contributed by atoms with Gasteiger partial charge in [0.25, 0.3) is 0 Å². The summed E-state index contributed by atoms with van der Waals surface area (Å²) in [5.74, 6) is 0. The fraction of sp³-hybridized carbons (Fsp3) is 0.182. The van der Waals surface area contributed by atoms with E-state index in [0.29, 0.717) is 11.5 Å². The first-order valence-electron chi connectivity index (χ1n) is 9.01. The van der Waals surface area contributed by atoms with Crippen LogP contribution >= 0.6 is 24.4 Å². The molecule has 0 heterocycles. The Labute approximate surface area is 178 Å². The zero-order valence-electron chi connectivity index (χ0n) is 15.4. The maximum absolute atomic E-state index is 12.6. The van der Waals surface area contributed by atoms with Crippen molar-refractivity contribution in [3.8, 4) is 0 Å². The van der Waals surface area contributed by atoms with Crippen molar-refractivity contribution in [1.82, 2.24) is 10.2 Å². The van der Waals surface area contributed by atoms with Crippen LogP contribution in [0.4, 0.5) is 13.2 Å². The van der Waals surface area contributed by atoms with E-state index in [1.54, 1.807) is 0 Å². The summed E-state index contributed by atoms with van der Waals surface area (Å²) in [5.41, 5.74) is 1.88. The SMILES string of the molecule is FC(F)(F)C(=S)NCCN(Cc1ccccc1)C(=S)c1ccc2ccccc2c1. The summed E-state index contributed by atoms with van der Waals surface area (Å²) in [7, 11) is 0. The van der Waals surface area contributed by atoms with Gasteiger partial charge in [0.15, 0.2) is 4.99 Å². The van der Waals surface area contributed by atoms with Gasteiger partial charge in [0, 0.05) is 25.2 Å². The Morgan fingerprint density at radius 2 is 1.52 bits per heavy atom. The predicted molar refractivity (Wildman–Crippen MR) is 119 cm³/mol. The molecule has 0 spiro atoms. The molecule has 0 radical (unpaired) electrons. The Balaban J connectivity index is 1.78. The van der Waals surface area contributed by atoms with Gasteiger partial charge in [-0.05, 0) is 22.4 Å². The molecule has 0 aliphatic carbocycles. The summed E-state index contributed by atoms with van der Waals surface area (Å²) >= 11 is 10.1. The Bertz CT molecular complexity index is 1000. The van der Waals surface area contributed by atoms with Crippen LogP contribution < -0.4 is 5.32 Å². The van der Waals surface area contributed by atoms with E-state index >= 15 is 0 Å². The lowest BCUT2D eigenvalue weighted by Gasteiger charge is -2.26. The van der Waals surface area contributed by atoms with Crippen LogP contribution in [0.1, 0.15) is 11.1 Å². The number of nitrogens with zero attached hydrogens (tertiary/aromatic N) is 1. The fourth-order valence-electron chi connectivity index (χ4n) is 2.97. The normalized spacial score (nSPS) is 11.3. The summed E-state index contributed by atoms with van der Waals surface area (Å²) in [6, 6.07) is 23.6. The number of halogens is 3. The van der Waals surface area contributed by atoms with E-state index in [1.807, 2.05) is 77.7 Å². The first-order chi connectivity index (χ1) is 13.8. The number of hydrogen-bond donors (Lipinski definition) is 1. The molecule has 0 aromatic heterocycles. The molecule has 0 saturated heterocycles. The molecule has 0 bridgehead atoms. The topological polar surface area (TPSA) is 15.3 Å². The van der Waals surface area contributed by atoms with Crippen molar-refractivity contribution in [1.29, 1.82) is 0 Å². The lowest BCUT2D eigenvalue weighted by atomic mass is 10.1. The van der Waals surface area contributed by atoms with Crippen molar-refractivity contribution in [2.75, 3.05) is 13.1 Å². The van der Waals surface area contributed by atoms with Crippen molar-refractivity contribution >= 4 is 45.2 Å². The minimum absolute atomic E-state index is 0.0406. The van der Waals surface area contributed by atoms with Crippen LogP contribution in [-0.4, -0.2) is 34.1 Å². The van der Waals surface area contributed by atoms with Gasteiger partial charge in [-0.2, -0.15) is 13.2 Å². The van der Waals surface area contributed by atoms with E-state index in [0.717, 1.165) is 21.9 Å². The summed E-state index contributed by atoms with van der Waals surface area (Å²) in [4.78, 5) is 1.36. The van der Waals surface area contributed by atoms with Crippen LogP contribution in [0, 0.1) is 0 Å². The number of hydrogen-bond acceptors (Lipinski definition) is 2. The molecule has 3 aromatic carbocycles. The van der Waals surface area contributed by atoms with Crippen LogP contribution in [0.3, 0.4) is 0 Å². The number of benzene rings is 3. The second kappa shape index (κ2) is 9.33. The molecule has 0 fully saturated rings. The van der Waals surface area contributed by atoms with Gasteiger partial charge in [-0.3, -0.25) is 0 Å². The molecule has 0 atom stereocenters. The highest BCUT2D eigenvalue weighted by Crippen LogP contribution is 2.19. The molecule has 7 heteroatoms. The fourth-order valence-corrected chi connectivity index (χ4v) is 3.35. The minimum Gasteiger partial charge on any atom is -0.370 e.